The third-order valence-electron chi connectivity index (χ3n) is 6.43. The van der Waals surface area contributed by atoms with Crippen LogP contribution in [-0.2, 0) is 4.74 Å². The van der Waals surface area contributed by atoms with Gasteiger partial charge in [0.1, 0.15) is 4.83 Å². The van der Waals surface area contributed by atoms with Gasteiger partial charge in [-0.2, -0.15) is 10.1 Å². The maximum absolute atomic E-state index is 14.5. The minimum absolute atomic E-state index is 0.0702. The van der Waals surface area contributed by atoms with Crippen molar-refractivity contribution in [2.45, 2.75) is 44.0 Å². The predicted molar refractivity (Wildman–Crippen MR) is 133 cm³/mol. The molecule has 4 aromatic heterocycles. The molecule has 0 radical (unpaired) electrons. The van der Waals surface area contributed by atoms with Gasteiger partial charge in [0, 0.05) is 34.7 Å². The van der Waals surface area contributed by atoms with Crippen molar-refractivity contribution in [2.24, 2.45) is 0 Å². The van der Waals surface area contributed by atoms with Gasteiger partial charge in [0.25, 0.3) is 6.43 Å². The summed E-state index contributed by atoms with van der Waals surface area (Å²) < 4.78 is 37.4. The molecule has 1 saturated heterocycles. The molecule has 0 spiro atoms. The largest absolute Gasteiger partial charge is 0.493 e. The molecule has 7 nitrogen and oxygen atoms in total. The van der Waals surface area contributed by atoms with E-state index in [4.69, 9.17) is 4.74 Å². The summed E-state index contributed by atoms with van der Waals surface area (Å²) in [5.41, 5.74) is 1.91. The fourth-order valence-electron chi connectivity index (χ4n) is 4.85. The van der Waals surface area contributed by atoms with Gasteiger partial charge in [0.05, 0.1) is 27.5 Å². The van der Waals surface area contributed by atoms with Gasteiger partial charge in [-0.15, -0.1) is 11.3 Å². The van der Waals surface area contributed by atoms with Crippen LogP contribution in [0.15, 0.2) is 29.7 Å². The van der Waals surface area contributed by atoms with E-state index in [9.17, 15) is 13.9 Å². The van der Waals surface area contributed by atoms with Crippen LogP contribution in [0.3, 0.4) is 0 Å². The number of hydrogen-bond acceptors (Lipinski definition) is 8. The average molecular weight is 514 g/mol. The Balaban J connectivity index is 1.67. The fraction of sp³-hybridized carbons (Fsp3) is 0.333. The van der Waals surface area contributed by atoms with Gasteiger partial charge in [0.15, 0.2) is 11.4 Å². The van der Waals surface area contributed by atoms with Gasteiger partial charge in [-0.05, 0) is 50.1 Å². The molecule has 1 aliphatic heterocycles. The summed E-state index contributed by atoms with van der Waals surface area (Å²) in [4.78, 5) is 13.8. The molecule has 6 rings (SSSR count). The first kappa shape index (κ1) is 22.6. The van der Waals surface area contributed by atoms with Crippen molar-refractivity contribution < 1.29 is 18.6 Å². The maximum Gasteiger partial charge on any atom is 0.264 e. The minimum atomic E-state index is -2.70. The summed E-state index contributed by atoms with van der Waals surface area (Å²) in [5.74, 6) is -0.131. The van der Waals surface area contributed by atoms with Crippen LogP contribution in [0, 0.1) is 6.92 Å². The zero-order valence-corrected chi connectivity index (χ0v) is 20.6. The molecule has 35 heavy (non-hydrogen) atoms. The van der Waals surface area contributed by atoms with Crippen LogP contribution in [0.5, 0.6) is 5.88 Å². The molecular formula is C24H21F2N5O2S2. The molecule has 0 bridgehead atoms. The molecule has 0 saturated carbocycles. The predicted octanol–water partition coefficient (Wildman–Crippen LogP) is 6.63. The van der Waals surface area contributed by atoms with Gasteiger partial charge in [-0.25, -0.2) is 18.4 Å². The fourth-order valence-corrected chi connectivity index (χ4v) is 6.43. The first-order valence-corrected chi connectivity index (χ1v) is 13.2. The van der Waals surface area contributed by atoms with E-state index in [0.717, 1.165) is 24.8 Å². The molecule has 0 amide bonds. The zero-order chi connectivity index (χ0) is 24.3. The SMILES string of the molecule is CSc1nc(O)c2c(n1)sc1c(-c3c(C(F)F)c(C)cc4c3cnn4C3CCCCO3)nccc12. The highest BCUT2D eigenvalue weighted by atomic mass is 32.2. The second-order valence-corrected chi connectivity index (χ2v) is 10.3. The van der Waals surface area contributed by atoms with Crippen LogP contribution in [0.4, 0.5) is 8.78 Å². The van der Waals surface area contributed by atoms with Gasteiger partial charge in [-0.3, -0.25) is 4.98 Å². The molecule has 11 heteroatoms. The quantitative estimate of drug-likeness (QED) is 0.213. The van der Waals surface area contributed by atoms with E-state index in [1.54, 1.807) is 36.1 Å². The van der Waals surface area contributed by atoms with Crippen molar-refractivity contribution in [3.05, 3.63) is 35.7 Å². The van der Waals surface area contributed by atoms with Crippen molar-refractivity contribution in [3.63, 3.8) is 0 Å². The number of aryl methyl sites for hydroxylation is 1. The molecule has 180 valence electrons. The Kier molecular flexibility index (Phi) is 5.58. The van der Waals surface area contributed by atoms with Crippen LogP contribution in [0.1, 0.15) is 43.0 Å². The van der Waals surface area contributed by atoms with Crippen LogP contribution in [0.25, 0.3) is 42.5 Å². The molecule has 1 atom stereocenters. The highest BCUT2D eigenvalue weighted by Crippen LogP contribution is 2.46. The van der Waals surface area contributed by atoms with Crippen LogP contribution < -0.4 is 0 Å². The molecule has 5 aromatic rings. The monoisotopic (exact) mass is 513 g/mol. The summed E-state index contributed by atoms with van der Waals surface area (Å²) in [6.45, 7) is 2.34. The first-order chi connectivity index (χ1) is 17.0. The van der Waals surface area contributed by atoms with Gasteiger partial charge < -0.3 is 9.84 Å². The third kappa shape index (κ3) is 3.56. The Labute approximate surface area is 207 Å². The summed E-state index contributed by atoms with van der Waals surface area (Å²) in [6, 6.07) is 3.52. The Morgan fingerprint density at radius 3 is 2.86 bits per heavy atom. The van der Waals surface area contributed by atoms with E-state index in [0.29, 0.717) is 54.3 Å². The highest BCUT2D eigenvalue weighted by molar-refractivity contribution is 7.98. The number of hydrogen-bond donors (Lipinski definition) is 1. The smallest absolute Gasteiger partial charge is 0.264 e. The Bertz CT molecular complexity index is 1590. The van der Waals surface area contributed by atoms with Crippen molar-refractivity contribution in [3.8, 4) is 17.1 Å². The average Bonchev–Trinajstić information content (AvgIpc) is 3.44. The van der Waals surface area contributed by atoms with E-state index in [1.165, 1.54) is 23.1 Å². The molecule has 1 aliphatic rings. The second kappa shape index (κ2) is 8.65. The number of aromatic nitrogens is 5. The van der Waals surface area contributed by atoms with Crippen molar-refractivity contribution >= 4 is 54.3 Å². The van der Waals surface area contributed by atoms with Crippen molar-refractivity contribution in [1.82, 2.24) is 24.7 Å². The van der Waals surface area contributed by atoms with E-state index in [-0.39, 0.29) is 17.7 Å². The number of fused-ring (bicyclic) bond motifs is 4. The van der Waals surface area contributed by atoms with E-state index >= 15 is 0 Å². The molecule has 1 unspecified atom stereocenters. The molecular weight excluding hydrogens is 492 g/mol. The number of rotatable bonds is 4. The van der Waals surface area contributed by atoms with Gasteiger partial charge in [-0.1, -0.05) is 11.8 Å². The topological polar surface area (TPSA) is 86.0 Å². The summed E-state index contributed by atoms with van der Waals surface area (Å²) in [5, 5.41) is 17.4. The highest BCUT2D eigenvalue weighted by Gasteiger charge is 2.28. The Morgan fingerprint density at radius 2 is 2.11 bits per heavy atom. The second-order valence-electron chi connectivity index (χ2n) is 8.48. The number of benzene rings is 1. The Hall–Kier alpha value is -2.89. The lowest BCUT2D eigenvalue weighted by molar-refractivity contribution is -0.0366. The molecule has 1 aromatic carbocycles. The van der Waals surface area contributed by atoms with Gasteiger partial charge in [0.2, 0.25) is 5.88 Å². The molecule has 1 fully saturated rings. The number of alkyl halides is 2. The summed E-state index contributed by atoms with van der Waals surface area (Å²) in [7, 11) is 0. The number of ether oxygens (including phenoxy) is 1. The van der Waals surface area contributed by atoms with Crippen LogP contribution in [-0.4, -0.2) is 42.7 Å². The lowest BCUT2D eigenvalue weighted by atomic mass is 9.95. The minimum Gasteiger partial charge on any atom is -0.493 e. The number of halogens is 2. The first-order valence-electron chi connectivity index (χ1n) is 11.2. The van der Waals surface area contributed by atoms with Crippen molar-refractivity contribution in [2.75, 3.05) is 12.9 Å². The standard InChI is InChI=1S/C24H21F2N5O2S2/c1-11-9-14-13(10-28-31(14)15-5-3-4-8-33-15)17(16(11)21(25)26)19-20-12(6-7-27-19)18-22(32)29-24(34-2)30-23(18)35-20/h6-7,9-10,15,21H,3-5,8H2,1-2H3,(H,29,30,32). The molecule has 5 heterocycles. The lowest BCUT2D eigenvalue weighted by Crippen LogP contribution is -2.19. The Morgan fingerprint density at radius 1 is 1.26 bits per heavy atom. The van der Waals surface area contributed by atoms with Crippen molar-refractivity contribution in [1.29, 1.82) is 0 Å². The van der Waals surface area contributed by atoms with E-state index in [1.807, 2.05) is 6.26 Å². The number of aromatic hydroxyl groups is 1. The zero-order valence-electron chi connectivity index (χ0n) is 19.0. The van der Waals surface area contributed by atoms with Gasteiger partial charge >= 0.3 is 0 Å². The number of nitrogens with zero attached hydrogens (tertiary/aromatic N) is 5. The van der Waals surface area contributed by atoms with E-state index < -0.39 is 6.43 Å². The normalized spacial score (nSPS) is 16.8. The summed E-state index contributed by atoms with van der Waals surface area (Å²) in [6.07, 6.45) is 4.95. The third-order valence-corrected chi connectivity index (χ3v) is 8.08. The van der Waals surface area contributed by atoms with Crippen LogP contribution in [0.2, 0.25) is 0 Å². The molecule has 1 N–H and O–H groups in total. The summed E-state index contributed by atoms with van der Waals surface area (Å²) >= 11 is 2.63. The van der Waals surface area contributed by atoms with Crippen LogP contribution >= 0.6 is 23.1 Å². The molecule has 0 aliphatic carbocycles. The number of thiophene rings is 1. The number of pyridine rings is 1. The number of thioether (sulfide) groups is 1. The van der Waals surface area contributed by atoms with E-state index in [2.05, 4.69) is 20.1 Å². The maximum atomic E-state index is 14.5. The lowest BCUT2D eigenvalue weighted by Gasteiger charge is -2.24.